The van der Waals surface area contributed by atoms with Crippen LogP contribution in [0.25, 0.3) is 0 Å². The summed E-state index contributed by atoms with van der Waals surface area (Å²) < 4.78 is 6.46. The lowest BCUT2D eigenvalue weighted by molar-refractivity contribution is 0.0943. The average Bonchev–Trinajstić information content (AvgIpc) is 2.74. The van der Waals surface area contributed by atoms with E-state index >= 15 is 0 Å². The number of aryl methyl sites for hydroxylation is 1. The van der Waals surface area contributed by atoms with Gasteiger partial charge in [0, 0.05) is 33.5 Å². The number of nitrogens with one attached hydrogen (secondary N) is 1. The highest BCUT2D eigenvalue weighted by atomic mass is 16.5. The molecular formula is C11H21N3O2. The largest absolute Gasteiger partial charge is 0.385 e. The molecular weight excluding hydrogens is 206 g/mol. The van der Waals surface area contributed by atoms with E-state index in [2.05, 4.69) is 10.4 Å². The molecule has 0 atom stereocenters. The zero-order valence-corrected chi connectivity index (χ0v) is 10.5. The Balaban J connectivity index is 0.00000106. The Kier molecular flexibility index (Phi) is 8.15. The number of hydrogen-bond donors (Lipinski definition) is 1. The molecule has 1 aromatic rings. The van der Waals surface area contributed by atoms with Gasteiger partial charge in [0.05, 0.1) is 0 Å². The van der Waals surface area contributed by atoms with Crippen molar-refractivity contribution in [2.45, 2.75) is 20.3 Å². The Bertz CT molecular complexity index is 297. The molecule has 0 aromatic carbocycles. The van der Waals surface area contributed by atoms with E-state index in [0.717, 1.165) is 6.42 Å². The molecule has 0 aliphatic carbocycles. The average molecular weight is 227 g/mol. The fourth-order valence-electron chi connectivity index (χ4n) is 1.05. The van der Waals surface area contributed by atoms with Gasteiger partial charge in [0.15, 0.2) is 0 Å². The highest BCUT2D eigenvalue weighted by Gasteiger charge is 2.06. The number of ether oxygens (including phenoxy) is 1. The van der Waals surface area contributed by atoms with Crippen molar-refractivity contribution in [3.05, 3.63) is 18.0 Å². The Labute approximate surface area is 96.8 Å². The summed E-state index contributed by atoms with van der Waals surface area (Å²) in [6.07, 6.45) is 2.55. The van der Waals surface area contributed by atoms with Crippen molar-refractivity contribution in [2.75, 3.05) is 20.3 Å². The number of amides is 1. The lowest BCUT2D eigenvalue weighted by Crippen LogP contribution is -2.25. The van der Waals surface area contributed by atoms with Crippen molar-refractivity contribution in [3.63, 3.8) is 0 Å². The van der Waals surface area contributed by atoms with Crippen LogP contribution in [0.2, 0.25) is 0 Å². The highest BCUT2D eigenvalue weighted by Crippen LogP contribution is 1.93. The summed E-state index contributed by atoms with van der Waals surface area (Å²) in [5.41, 5.74) is 0.449. The summed E-state index contributed by atoms with van der Waals surface area (Å²) in [4.78, 5) is 11.4. The molecule has 92 valence electrons. The summed E-state index contributed by atoms with van der Waals surface area (Å²) in [5, 5.41) is 6.74. The Morgan fingerprint density at radius 2 is 2.25 bits per heavy atom. The second-order valence-corrected chi connectivity index (χ2v) is 2.98. The van der Waals surface area contributed by atoms with Crippen molar-refractivity contribution in [2.24, 2.45) is 7.05 Å². The van der Waals surface area contributed by atoms with Crippen molar-refractivity contribution in [1.29, 1.82) is 0 Å². The fourth-order valence-corrected chi connectivity index (χ4v) is 1.05. The van der Waals surface area contributed by atoms with Crippen LogP contribution in [0.1, 0.15) is 30.8 Å². The monoisotopic (exact) mass is 227 g/mol. The Hall–Kier alpha value is -1.36. The minimum atomic E-state index is -0.137. The van der Waals surface area contributed by atoms with Crippen LogP contribution in [0.15, 0.2) is 12.3 Å². The summed E-state index contributed by atoms with van der Waals surface area (Å²) in [6.45, 7) is 5.27. The molecule has 1 rings (SSSR count). The van der Waals surface area contributed by atoms with Crippen molar-refractivity contribution in [1.82, 2.24) is 15.1 Å². The maximum absolute atomic E-state index is 11.4. The van der Waals surface area contributed by atoms with Crippen LogP contribution in [-0.2, 0) is 11.8 Å². The van der Waals surface area contributed by atoms with E-state index in [9.17, 15) is 4.79 Å². The van der Waals surface area contributed by atoms with Crippen LogP contribution in [0.4, 0.5) is 0 Å². The Morgan fingerprint density at radius 3 is 2.75 bits per heavy atom. The van der Waals surface area contributed by atoms with Gasteiger partial charge in [0.2, 0.25) is 0 Å². The van der Waals surface area contributed by atoms with Gasteiger partial charge in [-0.2, -0.15) is 5.10 Å². The van der Waals surface area contributed by atoms with Gasteiger partial charge in [0.25, 0.3) is 5.91 Å². The smallest absolute Gasteiger partial charge is 0.271 e. The fraction of sp³-hybridized carbons (Fsp3) is 0.636. The van der Waals surface area contributed by atoms with Gasteiger partial charge in [-0.15, -0.1) is 0 Å². The topological polar surface area (TPSA) is 56.1 Å². The number of methoxy groups -OCH3 is 1. The zero-order chi connectivity index (χ0) is 12.4. The van der Waals surface area contributed by atoms with Gasteiger partial charge in [-0.1, -0.05) is 13.8 Å². The molecule has 1 amide bonds. The molecule has 0 fully saturated rings. The summed E-state index contributed by atoms with van der Waals surface area (Å²) in [7, 11) is 3.42. The standard InChI is InChI=1S/C9H15N3O2.C2H6/c1-12-6-4-8(11-12)9(13)10-5-3-7-14-2;1-2/h4,6H,3,5,7H2,1-2H3,(H,10,13);1-2H3. The first-order valence-electron chi connectivity index (χ1n) is 5.51. The summed E-state index contributed by atoms with van der Waals surface area (Å²) in [6, 6.07) is 1.69. The van der Waals surface area contributed by atoms with Crippen LogP contribution < -0.4 is 5.32 Å². The van der Waals surface area contributed by atoms with E-state index in [4.69, 9.17) is 4.74 Å². The van der Waals surface area contributed by atoms with Crippen LogP contribution in [0.5, 0.6) is 0 Å². The van der Waals surface area contributed by atoms with Crippen LogP contribution in [0, 0.1) is 0 Å². The zero-order valence-electron chi connectivity index (χ0n) is 10.5. The second-order valence-electron chi connectivity index (χ2n) is 2.98. The first-order chi connectivity index (χ1) is 7.74. The molecule has 0 radical (unpaired) electrons. The van der Waals surface area contributed by atoms with E-state index in [-0.39, 0.29) is 5.91 Å². The van der Waals surface area contributed by atoms with Gasteiger partial charge in [-0.05, 0) is 12.5 Å². The molecule has 0 unspecified atom stereocenters. The molecule has 0 spiro atoms. The van der Waals surface area contributed by atoms with E-state index < -0.39 is 0 Å². The minimum Gasteiger partial charge on any atom is -0.385 e. The third-order valence-electron chi connectivity index (χ3n) is 1.76. The first kappa shape index (κ1) is 14.6. The molecule has 1 N–H and O–H groups in total. The second kappa shape index (κ2) is 8.91. The number of carbonyl (C=O) groups is 1. The molecule has 0 saturated heterocycles. The summed E-state index contributed by atoms with van der Waals surface area (Å²) in [5.74, 6) is -0.137. The maximum Gasteiger partial charge on any atom is 0.271 e. The summed E-state index contributed by atoms with van der Waals surface area (Å²) >= 11 is 0. The predicted octanol–water partition coefficient (Wildman–Crippen LogP) is 1.21. The van der Waals surface area contributed by atoms with E-state index in [0.29, 0.717) is 18.8 Å². The minimum absolute atomic E-state index is 0.137. The molecule has 0 aliphatic rings. The lowest BCUT2D eigenvalue weighted by Gasteiger charge is -2.01. The van der Waals surface area contributed by atoms with Crippen molar-refractivity contribution >= 4 is 5.91 Å². The van der Waals surface area contributed by atoms with Crippen LogP contribution in [-0.4, -0.2) is 35.9 Å². The predicted molar refractivity (Wildman–Crippen MR) is 63.4 cm³/mol. The number of carbonyl (C=O) groups excluding carboxylic acids is 1. The molecule has 1 aromatic heterocycles. The first-order valence-corrected chi connectivity index (χ1v) is 5.51. The third-order valence-corrected chi connectivity index (χ3v) is 1.76. The number of aromatic nitrogens is 2. The lowest BCUT2D eigenvalue weighted by atomic mass is 10.4. The number of hydrogen-bond acceptors (Lipinski definition) is 3. The normalized spacial score (nSPS) is 9.25. The van der Waals surface area contributed by atoms with Gasteiger partial charge in [-0.3, -0.25) is 9.48 Å². The SMILES string of the molecule is CC.COCCCNC(=O)c1ccn(C)n1. The van der Waals surface area contributed by atoms with E-state index in [1.807, 2.05) is 13.8 Å². The quantitative estimate of drug-likeness (QED) is 0.769. The molecule has 0 aliphatic heterocycles. The highest BCUT2D eigenvalue weighted by molar-refractivity contribution is 5.92. The Morgan fingerprint density at radius 1 is 1.56 bits per heavy atom. The number of rotatable bonds is 5. The molecule has 0 saturated carbocycles. The third kappa shape index (κ3) is 5.50. The van der Waals surface area contributed by atoms with Crippen molar-refractivity contribution in [3.8, 4) is 0 Å². The van der Waals surface area contributed by atoms with Crippen LogP contribution >= 0.6 is 0 Å². The van der Waals surface area contributed by atoms with Gasteiger partial charge >= 0.3 is 0 Å². The van der Waals surface area contributed by atoms with E-state index in [1.54, 1.807) is 31.1 Å². The number of nitrogens with zero attached hydrogens (tertiary/aromatic N) is 2. The molecule has 5 nitrogen and oxygen atoms in total. The van der Waals surface area contributed by atoms with Crippen molar-refractivity contribution < 1.29 is 9.53 Å². The molecule has 0 bridgehead atoms. The van der Waals surface area contributed by atoms with Gasteiger partial charge < -0.3 is 10.1 Å². The van der Waals surface area contributed by atoms with E-state index in [1.165, 1.54) is 0 Å². The molecule has 1 heterocycles. The maximum atomic E-state index is 11.4. The van der Waals surface area contributed by atoms with Crippen LogP contribution in [0.3, 0.4) is 0 Å². The molecule has 16 heavy (non-hydrogen) atoms. The van der Waals surface area contributed by atoms with Gasteiger partial charge in [-0.25, -0.2) is 0 Å². The van der Waals surface area contributed by atoms with Gasteiger partial charge in [0.1, 0.15) is 5.69 Å². The molecule has 5 heteroatoms.